The van der Waals surface area contributed by atoms with Gasteiger partial charge in [0, 0.05) is 44.7 Å². The summed E-state index contributed by atoms with van der Waals surface area (Å²) in [6, 6.07) is 42.9. The molecule has 6 aromatic carbocycles. The van der Waals surface area contributed by atoms with E-state index in [0.29, 0.717) is 0 Å². The van der Waals surface area contributed by atoms with Gasteiger partial charge in [-0.15, -0.1) is 0 Å². The highest BCUT2D eigenvalue weighted by molar-refractivity contribution is 6.16. The molecule has 41 heavy (non-hydrogen) atoms. The quantitative estimate of drug-likeness (QED) is 0.212. The second-order valence-corrected chi connectivity index (χ2v) is 10.6. The van der Waals surface area contributed by atoms with Gasteiger partial charge in [0.15, 0.2) is 0 Å². The average molecular weight is 523 g/mol. The summed E-state index contributed by atoms with van der Waals surface area (Å²) in [5.74, 6) is 0. The molecule has 190 valence electrons. The summed E-state index contributed by atoms with van der Waals surface area (Å²) < 4.78 is 6.32. The van der Waals surface area contributed by atoms with Crippen LogP contribution in [0.1, 0.15) is 0 Å². The van der Waals surface area contributed by atoms with E-state index in [-0.39, 0.29) is 0 Å². The summed E-state index contributed by atoms with van der Waals surface area (Å²) in [6.07, 6.45) is 3.75. The summed E-state index contributed by atoms with van der Waals surface area (Å²) in [5.41, 5.74) is 8.46. The molecule has 0 saturated carbocycles. The molecule has 0 aliphatic heterocycles. The molecule has 0 amide bonds. The third kappa shape index (κ3) is 3.33. The van der Waals surface area contributed by atoms with Crippen molar-refractivity contribution in [3.05, 3.63) is 134 Å². The molecular formula is C38H22N2O. The fourth-order valence-electron chi connectivity index (χ4n) is 6.42. The Balaban J connectivity index is 1.29. The van der Waals surface area contributed by atoms with E-state index in [0.717, 1.165) is 54.9 Å². The minimum Gasteiger partial charge on any atom is -0.456 e. The number of pyridine rings is 2. The Labute approximate surface area is 235 Å². The highest BCUT2D eigenvalue weighted by Gasteiger charge is 2.15. The number of benzene rings is 6. The molecular weight excluding hydrogens is 500 g/mol. The highest BCUT2D eigenvalue weighted by atomic mass is 16.3. The molecule has 0 aliphatic carbocycles. The van der Waals surface area contributed by atoms with Gasteiger partial charge in [0.05, 0.1) is 11.0 Å². The molecule has 0 aliphatic rings. The zero-order valence-corrected chi connectivity index (χ0v) is 22.0. The lowest BCUT2D eigenvalue weighted by Gasteiger charge is -2.10. The molecule has 3 heterocycles. The maximum absolute atomic E-state index is 6.32. The topological polar surface area (TPSA) is 38.9 Å². The van der Waals surface area contributed by atoms with E-state index in [9.17, 15) is 0 Å². The van der Waals surface area contributed by atoms with Gasteiger partial charge in [0.1, 0.15) is 11.2 Å². The van der Waals surface area contributed by atoms with E-state index >= 15 is 0 Å². The Morgan fingerprint density at radius 2 is 0.878 bits per heavy atom. The van der Waals surface area contributed by atoms with Crippen LogP contribution in [0.15, 0.2) is 138 Å². The first-order valence-electron chi connectivity index (χ1n) is 13.8. The third-order valence-electron chi connectivity index (χ3n) is 8.32. The molecule has 0 bridgehead atoms. The standard InChI is InChI=1S/C38H22N2O/c1-5-23-11-13-25-7-3-19-39-37(25)35(23)29(9-1)27-15-17-33-31(21-27)32-22-28(16-18-34(32)41-33)30-10-2-6-24-12-14-26-8-4-20-40-38(26)36(24)30/h1-22H. The second kappa shape index (κ2) is 8.48. The predicted octanol–water partition coefficient (Wildman–Crippen LogP) is 10.3. The van der Waals surface area contributed by atoms with Crippen LogP contribution in [0.25, 0.3) is 87.5 Å². The molecule has 9 rings (SSSR count). The van der Waals surface area contributed by atoms with Gasteiger partial charge < -0.3 is 4.42 Å². The third-order valence-corrected chi connectivity index (χ3v) is 8.32. The van der Waals surface area contributed by atoms with E-state index in [1.807, 2.05) is 24.5 Å². The lowest BCUT2D eigenvalue weighted by Crippen LogP contribution is -1.86. The Kier molecular flexibility index (Phi) is 4.61. The minimum absolute atomic E-state index is 0.883. The summed E-state index contributed by atoms with van der Waals surface area (Å²) in [5, 5.41) is 9.21. The van der Waals surface area contributed by atoms with E-state index < -0.39 is 0 Å². The molecule has 0 atom stereocenters. The maximum atomic E-state index is 6.32. The first-order chi connectivity index (χ1) is 20.3. The normalized spacial score (nSPS) is 11.9. The fraction of sp³-hybridized carbons (Fsp3) is 0. The molecule has 0 fully saturated rings. The van der Waals surface area contributed by atoms with Crippen LogP contribution in [-0.4, -0.2) is 9.97 Å². The van der Waals surface area contributed by atoms with Crippen LogP contribution in [0.4, 0.5) is 0 Å². The number of nitrogens with zero attached hydrogens (tertiary/aromatic N) is 2. The van der Waals surface area contributed by atoms with Crippen molar-refractivity contribution in [1.29, 1.82) is 0 Å². The number of furan rings is 1. The molecule has 0 radical (unpaired) electrons. The molecule has 0 saturated heterocycles. The first-order valence-corrected chi connectivity index (χ1v) is 13.8. The second-order valence-electron chi connectivity index (χ2n) is 10.6. The van der Waals surface area contributed by atoms with Gasteiger partial charge >= 0.3 is 0 Å². The van der Waals surface area contributed by atoms with Crippen LogP contribution in [0, 0.1) is 0 Å². The molecule has 0 N–H and O–H groups in total. The predicted molar refractivity (Wildman–Crippen MR) is 170 cm³/mol. The lowest BCUT2D eigenvalue weighted by atomic mass is 9.94. The Bertz CT molecular complexity index is 2320. The molecule has 3 nitrogen and oxygen atoms in total. The van der Waals surface area contributed by atoms with Gasteiger partial charge in [-0.25, -0.2) is 0 Å². The van der Waals surface area contributed by atoms with Crippen molar-refractivity contribution in [1.82, 2.24) is 9.97 Å². The molecule has 9 aromatic rings. The number of hydrogen-bond donors (Lipinski definition) is 0. The van der Waals surface area contributed by atoms with E-state index in [1.54, 1.807) is 0 Å². The van der Waals surface area contributed by atoms with Crippen LogP contribution in [0.5, 0.6) is 0 Å². The van der Waals surface area contributed by atoms with Gasteiger partial charge in [0.2, 0.25) is 0 Å². The van der Waals surface area contributed by atoms with Crippen LogP contribution in [0.2, 0.25) is 0 Å². The fourth-order valence-corrected chi connectivity index (χ4v) is 6.42. The number of rotatable bonds is 2. The molecule has 0 spiro atoms. The summed E-state index contributed by atoms with van der Waals surface area (Å²) in [4.78, 5) is 9.53. The maximum Gasteiger partial charge on any atom is 0.135 e. The number of hydrogen-bond acceptors (Lipinski definition) is 3. The van der Waals surface area contributed by atoms with Gasteiger partial charge in [-0.05, 0) is 69.4 Å². The SMILES string of the molecule is c1cnc2c(c1)ccc1cccc(-c3ccc4oc5ccc(-c6cccc7ccc8cccnc8c67)cc5c4c3)c12. The van der Waals surface area contributed by atoms with E-state index in [1.165, 1.54) is 32.7 Å². The molecule has 3 heteroatoms. The van der Waals surface area contributed by atoms with Crippen LogP contribution in [-0.2, 0) is 0 Å². The number of fused-ring (bicyclic) bond motifs is 9. The van der Waals surface area contributed by atoms with Gasteiger partial charge in [-0.1, -0.05) is 84.9 Å². The lowest BCUT2D eigenvalue weighted by molar-refractivity contribution is 0.669. The van der Waals surface area contributed by atoms with Gasteiger partial charge in [-0.2, -0.15) is 0 Å². The highest BCUT2D eigenvalue weighted by Crippen LogP contribution is 2.40. The summed E-state index contributed by atoms with van der Waals surface area (Å²) in [7, 11) is 0. The first kappa shape index (κ1) is 22.3. The van der Waals surface area contributed by atoms with Gasteiger partial charge in [-0.3, -0.25) is 9.97 Å². The van der Waals surface area contributed by atoms with Crippen molar-refractivity contribution >= 4 is 65.3 Å². The van der Waals surface area contributed by atoms with Crippen LogP contribution < -0.4 is 0 Å². The zero-order valence-electron chi connectivity index (χ0n) is 22.0. The number of aromatic nitrogens is 2. The van der Waals surface area contributed by atoms with Crippen LogP contribution in [0.3, 0.4) is 0 Å². The molecule has 0 unspecified atom stereocenters. The van der Waals surface area contributed by atoms with E-state index in [2.05, 4.69) is 109 Å². The van der Waals surface area contributed by atoms with Crippen molar-refractivity contribution in [3.8, 4) is 22.3 Å². The van der Waals surface area contributed by atoms with E-state index in [4.69, 9.17) is 14.4 Å². The van der Waals surface area contributed by atoms with Gasteiger partial charge in [0.25, 0.3) is 0 Å². The monoisotopic (exact) mass is 522 g/mol. The van der Waals surface area contributed by atoms with Crippen molar-refractivity contribution in [2.45, 2.75) is 0 Å². The molecule has 3 aromatic heterocycles. The Hall–Kier alpha value is -5.54. The average Bonchev–Trinajstić information content (AvgIpc) is 3.41. The Morgan fingerprint density at radius 3 is 1.39 bits per heavy atom. The van der Waals surface area contributed by atoms with Crippen molar-refractivity contribution < 1.29 is 4.42 Å². The van der Waals surface area contributed by atoms with Crippen molar-refractivity contribution in [2.75, 3.05) is 0 Å². The van der Waals surface area contributed by atoms with Crippen LogP contribution >= 0.6 is 0 Å². The summed E-state index contributed by atoms with van der Waals surface area (Å²) in [6.45, 7) is 0. The van der Waals surface area contributed by atoms with Crippen molar-refractivity contribution in [2.24, 2.45) is 0 Å². The van der Waals surface area contributed by atoms with Crippen molar-refractivity contribution in [3.63, 3.8) is 0 Å². The smallest absolute Gasteiger partial charge is 0.135 e. The summed E-state index contributed by atoms with van der Waals surface area (Å²) >= 11 is 0. The Morgan fingerprint density at radius 1 is 0.415 bits per heavy atom. The largest absolute Gasteiger partial charge is 0.456 e. The minimum atomic E-state index is 0.883. The zero-order chi connectivity index (χ0) is 26.9.